The van der Waals surface area contributed by atoms with Gasteiger partial charge in [-0.05, 0) is 25.8 Å². The maximum atomic E-state index is 11.9. The number of nitrogens with one attached hydrogen (secondary N) is 3. The van der Waals surface area contributed by atoms with E-state index in [-0.39, 0.29) is 24.4 Å². The Bertz CT molecular complexity index is 533. The van der Waals surface area contributed by atoms with Crippen molar-refractivity contribution in [3.8, 4) is 0 Å². The number of carbonyl (C=O) groups is 2. The minimum absolute atomic E-state index is 0.0639. The van der Waals surface area contributed by atoms with E-state index in [0.717, 1.165) is 25.1 Å². The Hall–Kier alpha value is -2.08. The second kappa shape index (κ2) is 9.27. The lowest BCUT2D eigenvalue weighted by molar-refractivity contribution is -0.121. The highest BCUT2D eigenvalue weighted by molar-refractivity contribution is 5.78. The molecule has 0 aromatic heterocycles. The average molecular weight is 332 g/mol. The van der Waals surface area contributed by atoms with E-state index in [1.807, 2.05) is 30.3 Å². The Morgan fingerprint density at radius 3 is 2.62 bits per heavy atom. The quantitative estimate of drug-likeness (QED) is 0.708. The summed E-state index contributed by atoms with van der Waals surface area (Å²) in [6.07, 6.45) is 1.26. The number of urea groups is 1. The molecule has 1 aromatic carbocycles. The van der Waals surface area contributed by atoms with Crippen LogP contribution in [0.5, 0.6) is 0 Å². The minimum Gasteiger partial charge on any atom is -0.352 e. The van der Waals surface area contributed by atoms with Crippen LogP contribution in [0.1, 0.15) is 32.3 Å². The molecule has 24 heavy (non-hydrogen) atoms. The van der Waals surface area contributed by atoms with Crippen LogP contribution in [-0.2, 0) is 11.3 Å². The van der Waals surface area contributed by atoms with Crippen molar-refractivity contribution >= 4 is 11.9 Å². The third-order valence-electron chi connectivity index (χ3n) is 4.26. The number of carbonyl (C=O) groups excluding carboxylic acids is 2. The van der Waals surface area contributed by atoms with Crippen LogP contribution in [0.3, 0.4) is 0 Å². The summed E-state index contributed by atoms with van der Waals surface area (Å²) in [4.78, 5) is 26.0. The zero-order chi connectivity index (χ0) is 17.4. The van der Waals surface area contributed by atoms with Crippen LogP contribution < -0.4 is 16.0 Å². The van der Waals surface area contributed by atoms with E-state index in [9.17, 15) is 9.59 Å². The molecule has 0 bridgehead atoms. The van der Waals surface area contributed by atoms with Gasteiger partial charge in [0.15, 0.2) is 0 Å². The van der Waals surface area contributed by atoms with Gasteiger partial charge >= 0.3 is 6.03 Å². The lowest BCUT2D eigenvalue weighted by atomic mass is 10.2. The number of benzene rings is 1. The first kappa shape index (κ1) is 18.3. The first-order chi connectivity index (χ1) is 11.5. The van der Waals surface area contributed by atoms with Crippen LogP contribution in [-0.4, -0.2) is 48.6 Å². The van der Waals surface area contributed by atoms with Gasteiger partial charge in [0.1, 0.15) is 0 Å². The van der Waals surface area contributed by atoms with Gasteiger partial charge < -0.3 is 16.0 Å². The second-order valence-electron chi connectivity index (χ2n) is 6.49. The number of nitrogens with zero attached hydrogens (tertiary/aromatic N) is 1. The third-order valence-corrected chi connectivity index (χ3v) is 4.26. The van der Waals surface area contributed by atoms with E-state index in [1.54, 1.807) is 0 Å². The fourth-order valence-electron chi connectivity index (χ4n) is 2.79. The highest BCUT2D eigenvalue weighted by atomic mass is 16.2. The molecule has 3 N–H and O–H groups in total. The Morgan fingerprint density at radius 2 is 1.96 bits per heavy atom. The second-order valence-corrected chi connectivity index (χ2v) is 6.49. The van der Waals surface area contributed by atoms with Gasteiger partial charge in [0, 0.05) is 44.7 Å². The van der Waals surface area contributed by atoms with Gasteiger partial charge in [0.25, 0.3) is 0 Å². The minimum atomic E-state index is -0.193. The van der Waals surface area contributed by atoms with E-state index in [1.165, 1.54) is 0 Å². The highest BCUT2D eigenvalue weighted by Crippen LogP contribution is 2.11. The first-order valence-electron chi connectivity index (χ1n) is 8.63. The first-order valence-corrected chi connectivity index (χ1v) is 8.63. The van der Waals surface area contributed by atoms with Crippen LogP contribution in [0.2, 0.25) is 0 Å². The van der Waals surface area contributed by atoms with Crippen LogP contribution in [0.15, 0.2) is 30.3 Å². The zero-order valence-electron chi connectivity index (χ0n) is 14.5. The summed E-state index contributed by atoms with van der Waals surface area (Å²) >= 11 is 0. The molecule has 1 fully saturated rings. The predicted molar refractivity (Wildman–Crippen MR) is 94.6 cm³/mol. The number of likely N-dealkylation sites (tertiary alicyclic amines) is 1. The van der Waals surface area contributed by atoms with Crippen molar-refractivity contribution in [2.45, 2.75) is 45.3 Å². The summed E-state index contributed by atoms with van der Waals surface area (Å²) < 4.78 is 0. The van der Waals surface area contributed by atoms with E-state index in [0.29, 0.717) is 19.1 Å². The van der Waals surface area contributed by atoms with Crippen molar-refractivity contribution in [1.82, 2.24) is 20.9 Å². The largest absolute Gasteiger partial charge is 0.352 e. The van der Waals surface area contributed by atoms with Crippen molar-refractivity contribution in [3.63, 3.8) is 0 Å². The van der Waals surface area contributed by atoms with Gasteiger partial charge in [-0.1, -0.05) is 30.3 Å². The fraction of sp³-hybridized carbons (Fsp3) is 0.556. The molecule has 1 unspecified atom stereocenters. The van der Waals surface area contributed by atoms with Gasteiger partial charge in [0.05, 0.1) is 0 Å². The topological polar surface area (TPSA) is 73.5 Å². The predicted octanol–water partition coefficient (Wildman–Crippen LogP) is 1.47. The summed E-state index contributed by atoms with van der Waals surface area (Å²) in [6.45, 7) is 7.09. The number of hydrogen-bond acceptors (Lipinski definition) is 3. The summed E-state index contributed by atoms with van der Waals surface area (Å²) in [6, 6.07) is 10.3. The monoisotopic (exact) mass is 332 g/mol. The maximum absolute atomic E-state index is 11.9. The smallest absolute Gasteiger partial charge is 0.315 e. The van der Waals surface area contributed by atoms with Gasteiger partial charge in [-0.3, -0.25) is 9.69 Å². The molecule has 2 rings (SSSR count). The summed E-state index contributed by atoms with van der Waals surface area (Å²) in [7, 11) is 0. The Balaban J connectivity index is 1.56. The SMILES string of the molecule is CC(C)N1CCC(NC(=O)NCCC(=O)NCc2ccccc2)C1. The Labute approximate surface area is 144 Å². The molecule has 132 valence electrons. The molecule has 1 aliphatic rings. The van der Waals surface area contributed by atoms with Gasteiger partial charge in [-0.15, -0.1) is 0 Å². The molecule has 0 spiro atoms. The van der Waals surface area contributed by atoms with Crippen LogP contribution in [0, 0.1) is 0 Å². The van der Waals surface area contributed by atoms with E-state index < -0.39 is 0 Å². The van der Waals surface area contributed by atoms with Crippen molar-refractivity contribution in [3.05, 3.63) is 35.9 Å². The van der Waals surface area contributed by atoms with Crippen LogP contribution >= 0.6 is 0 Å². The fourth-order valence-corrected chi connectivity index (χ4v) is 2.79. The van der Waals surface area contributed by atoms with Gasteiger partial charge in [0.2, 0.25) is 5.91 Å². The van der Waals surface area contributed by atoms with Crippen molar-refractivity contribution in [2.75, 3.05) is 19.6 Å². The van der Waals surface area contributed by atoms with Crippen molar-refractivity contribution in [1.29, 1.82) is 0 Å². The Morgan fingerprint density at radius 1 is 1.21 bits per heavy atom. The molecule has 1 saturated heterocycles. The molecule has 0 radical (unpaired) electrons. The molecule has 1 heterocycles. The molecule has 0 saturated carbocycles. The van der Waals surface area contributed by atoms with Gasteiger partial charge in [-0.25, -0.2) is 4.79 Å². The standard InChI is InChI=1S/C18H28N4O2/c1-14(2)22-11-9-16(13-22)21-18(24)19-10-8-17(23)20-12-15-6-4-3-5-7-15/h3-7,14,16H,8-13H2,1-2H3,(H,20,23)(H2,19,21,24). The number of amides is 3. The van der Waals surface area contributed by atoms with Crippen LogP contribution in [0.4, 0.5) is 4.79 Å². The summed E-state index contributed by atoms with van der Waals surface area (Å²) in [5.41, 5.74) is 1.06. The molecular formula is C18H28N4O2. The highest BCUT2D eigenvalue weighted by Gasteiger charge is 2.25. The third kappa shape index (κ3) is 6.20. The normalized spacial score (nSPS) is 17.7. The van der Waals surface area contributed by atoms with Crippen molar-refractivity contribution in [2.24, 2.45) is 0 Å². The van der Waals surface area contributed by atoms with Gasteiger partial charge in [-0.2, -0.15) is 0 Å². The molecule has 1 aliphatic heterocycles. The molecular weight excluding hydrogens is 304 g/mol. The van der Waals surface area contributed by atoms with E-state index >= 15 is 0 Å². The van der Waals surface area contributed by atoms with Crippen molar-refractivity contribution < 1.29 is 9.59 Å². The number of rotatable bonds is 7. The summed E-state index contributed by atoms with van der Waals surface area (Å²) in [5, 5.41) is 8.57. The lowest BCUT2D eigenvalue weighted by Gasteiger charge is -2.20. The lowest BCUT2D eigenvalue weighted by Crippen LogP contribution is -2.44. The average Bonchev–Trinajstić information content (AvgIpc) is 3.02. The van der Waals surface area contributed by atoms with E-state index in [2.05, 4.69) is 34.7 Å². The molecule has 6 nitrogen and oxygen atoms in total. The maximum Gasteiger partial charge on any atom is 0.315 e. The van der Waals surface area contributed by atoms with E-state index in [4.69, 9.17) is 0 Å². The number of hydrogen-bond donors (Lipinski definition) is 3. The zero-order valence-corrected chi connectivity index (χ0v) is 14.5. The molecule has 0 aliphatic carbocycles. The molecule has 1 aromatic rings. The Kier molecular flexibility index (Phi) is 7.06. The molecule has 1 atom stereocenters. The molecule has 6 heteroatoms. The van der Waals surface area contributed by atoms with Crippen LogP contribution in [0.25, 0.3) is 0 Å². The summed E-state index contributed by atoms with van der Waals surface area (Å²) in [5.74, 6) is -0.0639. The molecule has 3 amide bonds.